The smallest absolute Gasteiger partial charge is 0.326 e. The van der Waals surface area contributed by atoms with Crippen LogP contribution in [0.15, 0.2) is 4.79 Å². The third kappa shape index (κ3) is 8.23. The van der Waals surface area contributed by atoms with Gasteiger partial charge < -0.3 is 24.2 Å². The number of hydrogen-bond donors (Lipinski definition) is 1. The number of aromatic nitrogens is 2. The maximum absolute atomic E-state index is 12.9. The maximum atomic E-state index is 12.9. The lowest BCUT2D eigenvalue weighted by Gasteiger charge is -2.27. The molecule has 10 nitrogen and oxygen atoms in total. The molecule has 180 valence electrons. The number of anilines is 1. The van der Waals surface area contributed by atoms with Crippen molar-refractivity contribution in [1.29, 1.82) is 0 Å². The second-order valence-corrected chi connectivity index (χ2v) is 9.26. The van der Waals surface area contributed by atoms with Gasteiger partial charge in [0.25, 0.3) is 5.56 Å². The van der Waals surface area contributed by atoms with E-state index in [0.717, 1.165) is 0 Å². The van der Waals surface area contributed by atoms with Crippen LogP contribution in [0.3, 0.4) is 0 Å². The number of esters is 1. The molecule has 1 saturated heterocycles. The standard InChI is InChI=1S/C22H37N5O5/c1-16-17(20(30)24-21(23-16)26-11-13-31-14-12-26)7-8-18(28)27(10-9-25(5)6)15-19(29)32-22(2,3)4/h7-15H2,1-6H3,(H,23,24,30). The first kappa shape index (κ1) is 25.8. The number of nitrogens with one attached hydrogen (secondary N) is 1. The van der Waals surface area contributed by atoms with Crippen LogP contribution >= 0.6 is 0 Å². The molecule has 32 heavy (non-hydrogen) atoms. The maximum Gasteiger partial charge on any atom is 0.326 e. The van der Waals surface area contributed by atoms with Crippen LogP contribution < -0.4 is 10.5 Å². The Morgan fingerprint density at radius 2 is 1.84 bits per heavy atom. The summed E-state index contributed by atoms with van der Waals surface area (Å²) in [5.41, 5.74) is 0.236. The molecule has 0 saturated carbocycles. The van der Waals surface area contributed by atoms with Crippen LogP contribution in [0.5, 0.6) is 0 Å². The largest absolute Gasteiger partial charge is 0.459 e. The highest BCUT2D eigenvalue weighted by Gasteiger charge is 2.23. The summed E-state index contributed by atoms with van der Waals surface area (Å²) in [6.45, 7) is 10.6. The lowest BCUT2D eigenvalue weighted by atomic mass is 10.1. The van der Waals surface area contributed by atoms with Gasteiger partial charge in [-0.15, -0.1) is 0 Å². The molecule has 0 aliphatic carbocycles. The van der Waals surface area contributed by atoms with Crippen molar-refractivity contribution in [1.82, 2.24) is 19.8 Å². The Balaban J connectivity index is 2.05. The molecule has 0 unspecified atom stereocenters. The monoisotopic (exact) mass is 451 g/mol. The molecule has 0 spiro atoms. The predicted octanol–water partition coefficient (Wildman–Crippen LogP) is 0.579. The molecule has 0 radical (unpaired) electrons. The number of likely N-dealkylation sites (N-methyl/N-ethyl adjacent to an activating group) is 1. The van der Waals surface area contributed by atoms with E-state index >= 15 is 0 Å². The van der Waals surface area contributed by atoms with Gasteiger partial charge >= 0.3 is 5.97 Å². The van der Waals surface area contributed by atoms with Gasteiger partial charge in [-0.05, 0) is 48.2 Å². The minimum absolute atomic E-state index is 0.110. The van der Waals surface area contributed by atoms with E-state index in [1.165, 1.54) is 4.90 Å². The normalized spacial score (nSPS) is 14.5. The zero-order valence-corrected chi connectivity index (χ0v) is 20.2. The molecule has 2 rings (SSSR count). The fraction of sp³-hybridized carbons (Fsp3) is 0.727. The Morgan fingerprint density at radius 3 is 2.41 bits per heavy atom. The predicted molar refractivity (Wildman–Crippen MR) is 122 cm³/mol. The van der Waals surface area contributed by atoms with Crippen LogP contribution in [0.1, 0.15) is 38.4 Å². The Bertz CT molecular complexity index is 840. The topological polar surface area (TPSA) is 108 Å². The third-order valence-corrected chi connectivity index (χ3v) is 5.02. The summed E-state index contributed by atoms with van der Waals surface area (Å²) in [6.07, 6.45) is 0.363. The van der Waals surface area contributed by atoms with Crippen molar-refractivity contribution < 1.29 is 19.1 Å². The van der Waals surface area contributed by atoms with Crippen molar-refractivity contribution >= 4 is 17.8 Å². The number of hydrogen-bond acceptors (Lipinski definition) is 8. The van der Waals surface area contributed by atoms with E-state index in [9.17, 15) is 14.4 Å². The molecule has 2 heterocycles. The average molecular weight is 452 g/mol. The second kappa shape index (κ2) is 11.4. The lowest BCUT2D eigenvalue weighted by Crippen LogP contribution is -2.42. The molecule has 1 aromatic heterocycles. The first-order chi connectivity index (χ1) is 15.0. The van der Waals surface area contributed by atoms with Crippen molar-refractivity contribution in [2.45, 2.75) is 46.1 Å². The molecule has 1 aliphatic rings. The number of aromatic amines is 1. The zero-order valence-electron chi connectivity index (χ0n) is 20.2. The first-order valence-corrected chi connectivity index (χ1v) is 11.0. The van der Waals surface area contributed by atoms with E-state index in [1.807, 2.05) is 23.9 Å². The number of H-pyrrole nitrogens is 1. The van der Waals surface area contributed by atoms with Crippen LogP contribution in [-0.2, 0) is 25.5 Å². The number of ether oxygens (including phenoxy) is 2. The van der Waals surface area contributed by atoms with Gasteiger partial charge in [0, 0.05) is 43.9 Å². The SMILES string of the molecule is Cc1nc(N2CCOCC2)[nH]c(=O)c1CCC(=O)N(CCN(C)C)CC(=O)OC(C)(C)C. The fourth-order valence-corrected chi connectivity index (χ4v) is 3.35. The molecule has 10 heteroatoms. The third-order valence-electron chi connectivity index (χ3n) is 5.02. The van der Waals surface area contributed by atoms with Crippen LogP contribution in [-0.4, -0.2) is 97.3 Å². The minimum Gasteiger partial charge on any atom is -0.459 e. The average Bonchev–Trinajstić information content (AvgIpc) is 2.69. The van der Waals surface area contributed by atoms with Crippen molar-refractivity contribution in [3.05, 3.63) is 21.6 Å². The summed E-state index contributed by atoms with van der Waals surface area (Å²) in [6, 6.07) is 0. The van der Waals surface area contributed by atoms with Gasteiger partial charge in [0.15, 0.2) is 0 Å². The molecule has 0 aromatic carbocycles. The number of aryl methyl sites for hydroxylation is 1. The molecule has 0 atom stereocenters. The Kier molecular flexibility index (Phi) is 9.21. The van der Waals surface area contributed by atoms with Crippen molar-refractivity contribution in [3.8, 4) is 0 Å². The molecular weight excluding hydrogens is 414 g/mol. The van der Waals surface area contributed by atoms with Gasteiger partial charge in [0.05, 0.1) is 13.2 Å². The van der Waals surface area contributed by atoms with Crippen LogP contribution in [0.2, 0.25) is 0 Å². The van der Waals surface area contributed by atoms with Gasteiger partial charge in [-0.25, -0.2) is 4.98 Å². The van der Waals surface area contributed by atoms with E-state index in [0.29, 0.717) is 56.6 Å². The van der Waals surface area contributed by atoms with Gasteiger partial charge in [0.2, 0.25) is 11.9 Å². The number of amides is 1. The highest BCUT2D eigenvalue weighted by atomic mass is 16.6. The van der Waals surface area contributed by atoms with E-state index in [-0.39, 0.29) is 30.9 Å². The number of carbonyl (C=O) groups excluding carboxylic acids is 2. The first-order valence-electron chi connectivity index (χ1n) is 11.0. The number of nitrogens with zero attached hydrogens (tertiary/aromatic N) is 4. The Labute approximate surface area is 189 Å². The zero-order chi connectivity index (χ0) is 23.9. The minimum atomic E-state index is -0.619. The van der Waals surface area contributed by atoms with E-state index in [4.69, 9.17) is 9.47 Å². The quantitative estimate of drug-likeness (QED) is 0.543. The van der Waals surface area contributed by atoms with E-state index in [1.54, 1.807) is 27.7 Å². The van der Waals surface area contributed by atoms with Crippen LogP contribution in [0.25, 0.3) is 0 Å². The van der Waals surface area contributed by atoms with Gasteiger partial charge in [-0.2, -0.15) is 0 Å². The number of morpholine rings is 1. The molecule has 1 fully saturated rings. The van der Waals surface area contributed by atoms with Gasteiger partial charge in [0.1, 0.15) is 12.1 Å². The molecule has 1 aromatic rings. The summed E-state index contributed by atoms with van der Waals surface area (Å²) in [5.74, 6) is -0.118. The summed E-state index contributed by atoms with van der Waals surface area (Å²) in [4.78, 5) is 50.7. The Hall–Kier alpha value is -2.46. The summed E-state index contributed by atoms with van der Waals surface area (Å²) in [5, 5.41) is 0. The van der Waals surface area contributed by atoms with Gasteiger partial charge in [-0.3, -0.25) is 19.4 Å². The molecule has 1 amide bonds. The van der Waals surface area contributed by atoms with Crippen LogP contribution in [0, 0.1) is 6.92 Å². The van der Waals surface area contributed by atoms with E-state index in [2.05, 4.69) is 9.97 Å². The fourth-order valence-electron chi connectivity index (χ4n) is 3.35. The van der Waals surface area contributed by atoms with Crippen molar-refractivity contribution in [2.24, 2.45) is 0 Å². The second-order valence-electron chi connectivity index (χ2n) is 9.26. The Morgan fingerprint density at radius 1 is 1.19 bits per heavy atom. The molecule has 1 N–H and O–H groups in total. The van der Waals surface area contributed by atoms with Gasteiger partial charge in [-0.1, -0.05) is 0 Å². The molecular formula is C22H37N5O5. The van der Waals surface area contributed by atoms with Crippen LogP contribution in [0.4, 0.5) is 5.95 Å². The summed E-state index contributed by atoms with van der Waals surface area (Å²) >= 11 is 0. The van der Waals surface area contributed by atoms with E-state index < -0.39 is 11.6 Å². The highest BCUT2D eigenvalue weighted by molar-refractivity contribution is 5.82. The molecule has 0 bridgehead atoms. The summed E-state index contributed by atoms with van der Waals surface area (Å²) < 4.78 is 10.7. The number of rotatable bonds is 9. The number of carbonyl (C=O) groups is 2. The van der Waals surface area contributed by atoms with Crippen molar-refractivity contribution in [3.63, 3.8) is 0 Å². The summed E-state index contributed by atoms with van der Waals surface area (Å²) in [7, 11) is 3.81. The highest BCUT2D eigenvalue weighted by Crippen LogP contribution is 2.12. The lowest BCUT2D eigenvalue weighted by molar-refractivity contribution is -0.159. The van der Waals surface area contributed by atoms with Crippen molar-refractivity contribution in [2.75, 3.05) is 64.9 Å². The molecule has 1 aliphatic heterocycles.